The number of H-pyrrole nitrogens is 1. The Labute approximate surface area is 178 Å². The minimum atomic E-state index is -2.93. The van der Waals surface area contributed by atoms with Crippen LogP contribution in [0.1, 0.15) is 16.7 Å². The topological polar surface area (TPSA) is 79.9 Å². The summed E-state index contributed by atoms with van der Waals surface area (Å²) in [5.41, 5.74) is 4.05. The maximum atomic E-state index is 12.8. The number of fused-ring (bicyclic) bond motifs is 2. The van der Waals surface area contributed by atoms with Gasteiger partial charge in [-0.05, 0) is 36.6 Å². The molecule has 0 spiro atoms. The molecule has 4 rings (SSSR count). The van der Waals surface area contributed by atoms with Crippen LogP contribution in [0, 0.1) is 6.92 Å². The summed E-state index contributed by atoms with van der Waals surface area (Å²) >= 11 is 0. The summed E-state index contributed by atoms with van der Waals surface area (Å²) in [6.45, 7) is 0.0650. The SMILES string of the molecule is CN=C(NCCc1c[nH]c2cc(C)ccc12)NCc1cc2c(cc1OC(F)F)OCO2. The highest BCUT2D eigenvalue weighted by molar-refractivity contribution is 5.84. The predicted octanol–water partition coefficient (Wildman–Crippen LogP) is 3.71. The Morgan fingerprint density at radius 2 is 1.97 bits per heavy atom. The molecule has 3 aromatic rings. The molecular formula is C22H24F2N4O3. The second-order valence-corrected chi connectivity index (χ2v) is 7.16. The van der Waals surface area contributed by atoms with Gasteiger partial charge >= 0.3 is 6.61 Å². The number of rotatable bonds is 7. The van der Waals surface area contributed by atoms with Crippen molar-refractivity contribution in [3.63, 3.8) is 0 Å². The molecule has 0 saturated heterocycles. The molecule has 164 valence electrons. The van der Waals surface area contributed by atoms with Gasteiger partial charge in [0.1, 0.15) is 5.75 Å². The van der Waals surface area contributed by atoms with E-state index in [1.54, 1.807) is 13.1 Å². The lowest BCUT2D eigenvalue weighted by atomic mass is 10.1. The number of alkyl halides is 2. The van der Waals surface area contributed by atoms with Crippen LogP contribution < -0.4 is 24.8 Å². The van der Waals surface area contributed by atoms with Crippen molar-refractivity contribution in [2.24, 2.45) is 4.99 Å². The first kappa shape index (κ1) is 20.8. The quantitative estimate of drug-likeness (QED) is 0.393. The third-order valence-corrected chi connectivity index (χ3v) is 5.05. The van der Waals surface area contributed by atoms with Crippen LogP contribution in [-0.4, -0.2) is 37.9 Å². The predicted molar refractivity (Wildman–Crippen MR) is 114 cm³/mol. The zero-order chi connectivity index (χ0) is 21.8. The Morgan fingerprint density at radius 3 is 2.74 bits per heavy atom. The zero-order valence-electron chi connectivity index (χ0n) is 17.3. The molecule has 2 heterocycles. The van der Waals surface area contributed by atoms with Gasteiger partial charge in [0.05, 0.1) is 0 Å². The van der Waals surface area contributed by atoms with Crippen LogP contribution in [0.2, 0.25) is 0 Å². The van der Waals surface area contributed by atoms with Gasteiger partial charge in [-0.15, -0.1) is 0 Å². The summed E-state index contributed by atoms with van der Waals surface area (Å²) in [7, 11) is 1.65. The fourth-order valence-electron chi connectivity index (χ4n) is 3.53. The van der Waals surface area contributed by atoms with Crippen LogP contribution >= 0.6 is 0 Å². The molecule has 0 bridgehead atoms. The highest BCUT2D eigenvalue weighted by Gasteiger charge is 2.20. The monoisotopic (exact) mass is 430 g/mol. The van der Waals surface area contributed by atoms with E-state index in [2.05, 4.69) is 50.5 Å². The number of aromatic amines is 1. The lowest BCUT2D eigenvalue weighted by Gasteiger charge is -2.15. The molecule has 1 aliphatic rings. The zero-order valence-corrected chi connectivity index (χ0v) is 17.3. The number of halogens is 2. The Bertz CT molecular complexity index is 1100. The fraction of sp³-hybridized carbons (Fsp3) is 0.318. The van der Waals surface area contributed by atoms with E-state index in [4.69, 9.17) is 9.47 Å². The van der Waals surface area contributed by atoms with E-state index in [1.807, 2.05) is 6.20 Å². The van der Waals surface area contributed by atoms with Gasteiger partial charge in [-0.1, -0.05) is 12.1 Å². The van der Waals surface area contributed by atoms with Crippen molar-refractivity contribution >= 4 is 16.9 Å². The summed E-state index contributed by atoms with van der Waals surface area (Å²) in [4.78, 5) is 7.50. The normalized spacial score (nSPS) is 13.1. The Morgan fingerprint density at radius 1 is 1.16 bits per heavy atom. The van der Waals surface area contributed by atoms with Gasteiger partial charge < -0.3 is 29.8 Å². The van der Waals surface area contributed by atoms with Crippen molar-refractivity contribution in [2.75, 3.05) is 20.4 Å². The fourth-order valence-corrected chi connectivity index (χ4v) is 3.53. The van der Waals surface area contributed by atoms with Crippen molar-refractivity contribution in [1.29, 1.82) is 0 Å². The van der Waals surface area contributed by atoms with Crippen LogP contribution in [0.5, 0.6) is 17.2 Å². The number of benzene rings is 2. The van der Waals surface area contributed by atoms with Crippen LogP contribution in [0.3, 0.4) is 0 Å². The lowest BCUT2D eigenvalue weighted by Crippen LogP contribution is -2.37. The second kappa shape index (κ2) is 9.11. The molecule has 0 atom stereocenters. The number of aromatic nitrogens is 1. The molecule has 9 heteroatoms. The van der Waals surface area contributed by atoms with Gasteiger partial charge in [0.25, 0.3) is 0 Å². The molecule has 1 aromatic heterocycles. The molecule has 0 fully saturated rings. The molecule has 3 N–H and O–H groups in total. The minimum absolute atomic E-state index is 0.0382. The summed E-state index contributed by atoms with van der Waals surface area (Å²) in [5, 5.41) is 7.57. The van der Waals surface area contributed by atoms with Crippen molar-refractivity contribution in [3.8, 4) is 17.2 Å². The maximum absolute atomic E-state index is 12.8. The van der Waals surface area contributed by atoms with Gasteiger partial charge in [-0.2, -0.15) is 8.78 Å². The van der Waals surface area contributed by atoms with Crippen molar-refractivity contribution in [3.05, 3.63) is 53.2 Å². The standard InChI is InChI=1S/C22H24F2N4O3/c1-13-3-4-16-14(10-27-17(16)7-13)5-6-26-22(25-2)28-11-15-8-19-20(30-12-29-19)9-18(15)31-21(23)24/h3-4,7-10,21,27H,5-6,11-12H2,1-2H3,(H2,25,26,28). The number of guanidine groups is 1. The van der Waals surface area contributed by atoms with Crippen molar-refractivity contribution in [2.45, 2.75) is 26.5 Å². The van der Waals surface area contributed by atoms with Crippen LogP contribution in [0.4, 0.5) is 8.78 Å². The molecule has 7 nitrogen and oxygen atoms in total. The molecule has 31 heavy (non-hydrogen) atoms. The number of ether oxygens (including phenoxy) is 3. The minimum Gasteiger partial charge on any atom is -0.454 e. The van der Waals surface area contributed by atoms with Crippen LogP contribution in [0.15, 0.2) is 41.5 Å². The van der Waals surface area contributed by atoms with Gasteiger partial charge in [0.2, 0.25) is 6.79 Å². The first-order chi connectivity index (χ1) is 15.0. The van der Waals surface area contributed by atoms with E-state index >= 15 is 0 Å². The van der Waals surface area contributed by atoms with E-state index in [0.29, 0.717) is 29.6 Å². The summed E-state index contributed by atoms with van der Waals surface area (Å²) in [6, 6.07) is 9.39. The van der Waals surface area contributed by atoms with E-state index in [1.165, 1.54) is 22.6 Å². The Kier molecular flexibility index (Phi) is 6.11. The van der Waals surface area contributed by atoms with Gasteiger partial charge in [0.15, 0.2) is 17.5 Å². The first-order valence-electron chi connectivity index (χ1n) is 9.92. The van der Waals surface area contributed by atoms with E-state index in [0.717, 1.165) is 11.9 Å². The number of hydrogen-bond donors (Lipinski definition) is 3. The summed E-state index contributed by atoms with van der Waals surface area (Å²) in [5.74, 6) is 1.47. The summed E-state index contributed by atoms with van der Waals surface area (Å²) in [6.07, 6.45) is 2.82. The molecule has 1 aliphatic heterocycles. The largest absolute Gasteiger partial charge is 0.454 e. The molecule has 2 aromatic carbocycles. The third-order valence-electron chi connectivity index (χ3n) is 5.05. The van der Waals surface area contributed by atoms with E-state index in [-0.39, 0.29) is 19.1 Å². The summed E-state index contributed by atoms with van der Waals surface area (Å²) < 4.78 is 40.8. The van der Waals surface area contributed by atoms with E-state index < -0.39 is 6.61 Å². The Hall–Kier alpha value is -3.49. The average molecular weight is 430 g/mol. The van der Waals surface area contributed by atoms with Gasteiger partial charge in [0, 0.05) is 48.9 Å². The number of nitrogens with one attached hydrogen (secondary N) is 3. The third kappa shape index (κ3) is 4.82. The molecular weight excluding hydrogens is 406 g/mol. The molecule has 0 unspecified atom stereocenters. The number of nitrogens with zero attached hydrogens (tertiary/aromatic N) is 1. The molecule has 0 saturated carbocycles. The van der Waals surface area contributed by atoms with Crippen LogP contribution in [0.25, 0.3) is 10.9 Å². The number of aliphatic imine (C=N–C) groups is 1. The van der Waals surface area contributed by atoms with Gasteiger partial charge in [-0.3, -0.25) is 4.99 Å². The number of hydrogen-bond acceptors (Lipinski definition) is 4. The second-order valence-electron chi connectivity index (χ2n) is 7.16. The van der Waals surface area contributed by atoms with Gasteiger partial charge in [-0.25, -0.2) is 0 Å². The smallest absolute Gasteiger partial charge is 0.387 e. The van der Waals surface area contributed by atoms with E-state index in [9.17, 15) is 8.78 Å². The maximum Gasteiger partial charge on any atom is 0.387 e. The lowest BCUT2D eigenvalue weighted by molar-refractivity contribution is -0.0505. The molecule has 0 aliphatic carbocycles. The van der Waals surface area contributed by atoms with Crippen molar-refractivity contribution < 1.29 is 23.0 Å². The molecule has 0 amide bonds. The molecule has 0 radical (unpaired) electrons. The number of aryl methyl sites for hydroxylation is 1. The van der Waals surface area contributed by atoms with Crippen molar-refractivity contribution in [1.82, 2.24) is 15.6 Å². The Balaban J connectivity index is 1.36. The average Bonchev–Trinajstić information content (AvgIpc) is 3.36. The first-order valence-corrected chi connectivity index (χ1v) is 9.92. The van der Waals surface area contributed by atoms with Crippen LogP contribution in [-0.2, 0) is 13.0 Å². The highest BCUT2D eigenvalue weighted by Crippen LogP contribution is 2.38. The highest BCUT2D eigenvalue weighted by atomic mass is 19.3.